The minimum Gasteiger partial charge on any atom is -0.387 e. The van der Waals surface area contributed by atoms with Gasteiger partial charge in [0.25, 0.3) is 0 Å². The number of aliphatic imine (C=N–C) groups is 1. The highest BCUT2D eigenvalue weighted by Gasteiger charge is 2.25. The number of aliphatic hydroxyl groups is 1. The van der Waals surface area contributed by atoms with Gasteiger partial charge in [-0.15, -0.1) is 0 Å². The molecule has 0 saturated carbocycles. The zero-order valence-electron chi connectivity index (χ0n) is 19.2. The first-order valence-corrected chi connectivity index (χ1v) is 11.2. The van der Waals surface area contributed by atoms with Gasteiger partial charge in [-0.3, -0.25) is 14.8 Å². The summed E-state index contributed by atoms with van der Waals surface area (Å²) in [5.41, 5.74) is 0.473. The van der Waals surface area contributed by atoms with E-state index in [9.17, 15) is 5.11 Å². The first kappa shape index (κ1) is 24.6. The van der Waals surface area contributed by atoms with Crippen LogP contribution < -0.4 is 10.6 Å². The quantitative estimate of drug-likeness (QED) is 0.373. The predicted molar refractivity (Wildman–Crippen MR) is 124 cm³/mol. The van der Waals surface area contributed by atoms with E-state index in [2.05, 4.69) is 76.7 Å². The van der Waals surface area contributed by atoms with Gasteiger partial charge < -0.3 is 20.5 Å². The summed E-state index contributed by atoms with van der Waals surface area (Å²) < 4.78 is 5.38. The van der Waals surface area contributed by atoms with E-state index in [0.29, 0.717) is 19.1 Å². The molecule has 170 valence electrons. The minimum absolute atomic E-state index is 0.364. The summed E-state index contributed by atoms with van der Waals surface area (Å²) in [7, 11) is 2.17. The number of morpholine rings is 1. The standard InChI is InChI=1S/C23H41N5O2/c1-5-24-22(26-18-23(3,29)19-28-13-15-30-16-14-28)25-12-11-20(2)27(4)17-21-9-7-6-8-10-21/h6-10,20,29H,5,11-19H2,1-4H3,(H2,24,25,26). The number of β-amino-alcohol motifs (C(OH)–C–C–N with tert-alkyl or cyclic N) is 1. The van der Waals surface area contributed by atoms with Gasteiger partial charge in [-0.25, -0.2) is 0 Å². The van der Waals surface area contributed by atoms with Crippen LogP contribution in [0.2, 0.25) is 0 Å². The molecule has 2 unspecified atom stereocenters. The Morgan fingerprint density at radius 2 is 1.97 bits per heavy atom. The van der Waals surface area contributed by atoms with E-state index < -0.39 is 5.60 Å². The van der Waals surface area contributed by atoms with Crippen LogP contribution in [0.3, 0.4) is 0 Å². The lowest BCUT2D eigenvalue weighted by Gasteiger charge is -2.33. The number of nitrogens with zero attached hydrogens (tertiary/aromatic N) is 3. The van der Waals surface area contributed by atoms with Crippen molar-refractivity contribution in [2.75, 3.05) is 59.5 Å². The molecule has 2 rings (SSSR count). The number of nitrogens with one attached hydrogen (secondary N) is 2. The number of guanidine groups is 1. The van der Waals surface area contributed by atoms with Gasteiger partial charge in [0, 0.05) is 45.3 Å². The number of benzene rings is 1. The topological polar surface area (TPSA) is 72.4 Å². The van der Waals surface area contributed by atoms with Crippen molar-refractivity contribution in [3.63, 3.8) is 0 Å². The van der Waals surface area contributed by atoms with Crippen molar-refractivity contribution in [2.24, 2.45) is 4.99 Å². The van der Waals surface area contributed by atoms with Crippen molar-refractivity contribution in [2.45, 2.75) is 45.4 Å². The molecule has 0 spiro atoms. The Bertz CT molecular complexity index is 617. The fourth-order valence-electron chi connectivity index (χ4n) is 3.53. The smallest absolute Gasteiger partial charge is 0.191 e. The fourth-order valence-corrected chi connectivity index (χ4v) is 3.53. The fraction of sp³-hybridized carbons (Fsp3) is 0.696. The molecule has 30 heavy (non-hydrogen) atoms. The third-order valence-corrected chi connectivity index (χ3v) is 5.47. The van der Waals surface area contributed by atoms with Crippen molar-refractivity contribution >= 4 is 5.96 Å². The van der Waals surface area contributed by atoms with Crippen LogP contribution in [-0.4, -0.2) is 92.0 Å². The van der Waals surface area contributed by atoms with Gasteiger partial charge in [0.15, 0.2) is 5.96 Å². The molecule has 7 heteroatoms. The Kier molecular flexibility index (Phi) is 10.6. The lowest BCUT2D eigenvalue weighted by atomic mass is 10.1. The maximum absolute atomic E-state index is 10.8. The second-order valence-corrected chi connectivity index (χ2v) is 8.55. The first-order chi connectivity index (χ1) is 14.4. The molecule has 0 radical (unpaired) electrons. The number of hydrogen-bond donors (Lipinski definition) is 3. The number of hydrogen-bond acceptors (Lipinski definition) is 5. The van der Waals surface area contributed by atoms with Crippen LogP contribution in [0.25, 0.3) is 0 Å². The average Bonchev–Trinajstić information content (AvgIpc) is 2.73. The summed E-state index contributed by atoms with van der Waals surface area (Å²) in [5.74, 6) is 0.762. The highest BCUT2D eigenvalue weighted by Crippen LogP contribution is 2.10. The van der Waals surface area contributed by atoms with Gasteiger partial charge >= 0.3 is 0 Å². The molecule has 0 bridgehead atoms. The SMILES string of the molecule is CCNC(=NCC(C)(O)CN1CCOCC1)NCCC(C)N(C)Cc1ccccc1. The van der Waals surface area contributed by atoms with Gasteiger partial charge in [-0.1, -0.05) is 30.3 Å². The van der Waals surface area contributed by atoms with Crippen LogP contribution in [-0.2, 0) is 11.3 Å². The second kappa shape index (κ2) is 12.9. The normalized spacial score (nSPS) is 18.8. The molecular formula is C23H41N5O2. The van der Waals surface area contributed by atoms with Crippen LogP contribution in [0.1, 0.15) is 32.8 Å². The molecule has 7 nitrogen and oxygen atoms in total. The monoisotopic (exact) mass is 419 g/mol. The number of ether oxygens (including phenoxy) is 1. The highest BCUT2D eigenvalue weighted by molar-refractivity contribution is 5.79. The molecular weight excluding hydrogens is 378 g/mol. The summed E-state index contributed by atoms with van der Waals surface area (Å²) in [6, 6.07) is 11.0. The van der Waals surface area contributed by atoms with E-state index in [4.69, 9.17) is 4.74 Å². The van der Waals surface area contributed by atoms with E-state index in [1.54, 1.807) is 0 Å². The largest absolute Gasteiger partial charge is 0.387 e. The molecule has 1 saturated heterocycles. The second-order valence-electron chi connectivity index (χ2n) is 8.55. The average molecular weight is 420 g/mol. The zero-order valence-corrected chi connectivity index (χ0v) is 19.2. The third kappa shape index (κ3) is 9.43. The minimum atomic E-state index is -0.858. The van der Waals surface area contributed by atoms with Crippen molar-refractivity contribution < 1.29 is 9.84 Å². The van der Waals surface area contributed by atoms with Crippen LogP contribution in [0, 0.1) is 0 Å². The maximum Gasteiger partial charge on any atom is 0.191 e. The van der Waals surface area contributed by atoms with Crippen molar-refractivity contribution in [1.82, 2.24) is 20.4 Å². The van der Waals surface area contributed by atoms with Crippen LogP contribution >= 0.6 is 0 Å². The van der Waals surface area contributed by atoms with Crippen LogP contribution in [0.5, 0.6) is 0 Å². The molecule has 0 aromatic heterocycles. The van der Waals surface area contributed by atoms with Crippen molar-refractivity contribution in [1.29, 1.82) is 0 Å². The summed E-state index contributed by atoms with van der Waals surface area (Å²) in [6.07, 6.45) is 1.01. The molecule has 0 aliphatic carbocycles. The first-order valence-electron chi connectivity index (χ1n) is 11.2. The van der Waals surface area contributed by atoms with E-state index in [1.807, 2.05) is 6.92 Å². The third-order valence-electron chi connectivity index (χ3n) is 5.47. The van der Waals surface area contributed by atoms with Gasteiger partial charge in [0.2, 0.25) is 0 Å². The molecule has 1 fully saturated rings. The molecule has 0 amide bonds. The lowest BCUT2D eigenvalue weighted by Crippen LogP contribution is -2.48. The van der Waals surface area contributed by atoms with Crippen LogP contribution in [0.4, 0.5) is 0 Å². The summed E-state index contributed by atoms with van der Waals surface area (Å²) in [4.78, 5) is 9.24. The van der Waals surface area contributed by atoms with Gasteiger partial charge in [0.05, 0.1) is 25.4 Å². The Morgan fingerprint density at radius 1 is 1.27 bits per heavy atom. The molecule has 3 N–H and O–H groups in total. The van der Waals surface area contributed by atoms with E-state index in [-0.39, 0.29) is 0 Å². The van der Waals surface area contributed by atoms with E-state index >= 15 is 0 Å². The van der Waals surface area contributed by atoms with E-state index in [1.165, 1.54) is 5.56 Å². The summed E-state index contributed by atoms with van der Waals surface area (Å²) in [5, 5.41) is 17.5. The maximum atomic E-state index is 10.8. The molecule has 1 aromatic rings. The molecule has 2 atom stereocenters. The predicted octanol–water partition coefficient (Wildman–Crippen LogP) is 1.54. The molecule has 1 heterocycles. The van der Waals surface area contributed by atoms with Crippen LogP contribution in [0.15, 0.2) is 35.3 Å². The molecule has 1 aromatic carbocycles. The van der Waals surface area contributed by atoms with Gasteiger partial charge in [-0.05, 0) is 39.8 Å². The van der Waals surface area contributed by atoms with Crippen molar-refractivity contribution in [3.8, 4) is 0 Å². The molecule has 1 aliphatic rings. The molecule has 1 aliphatic heterocycles. The Balaban J connectivity index is 1.76. The Labute approximate surface area is 182 Å². The summed E-state index contributed by atoms with van der Waals surface area (Å²) >= 11 is 0. The van der Waals surface area contributed by atoms with Gasteiger partial charge in [0.1, 0.15) is 0 Å². The van der Waals surface area contributed by atoms with Crippen molar-refractivity contribution in [3.05, 3.63) is 35.9 Å². The summed E-state index contributed by atoms with van der Waals surface area (Å²) in [6.45, 7) is 12.9. The zero-order chi connectivity index (χ0) is 21.8. The highest BCUT2D eigenvalue weighted by atomic mass is 16.5. The number of rotatable bonds is 11. The Hall–Kier alpha value is -1.67. The van der Waals surface area contributed by atoms with E-state index in [0.717, 1.165) is 58.3 Å². The lowest BCUT2D eigenvalue weighted by molar-refractivity contribution is -0.0180. The Morgan fingerprint density at radius 3 is 2.63 bits per heavy atom. The van der Waals surface area contributed by atoms with Gasteiger partial charge in [-0.2, -0.15) is 0 Å².